The molecule has 2 unspecified atom stereocenters. The standard InChI is InChI=1S/C7H17Br2N2O4P/c1-10(5-12)16(14,15)11(6-13)3-2-7(9)4-8/h7,12-13H,2-6H2,1H3,(H,14,15). The monoisotopic (exact) mass is 382 g/mol. The molecule has 0 aromatic carbocycles. The molecule has 0 spiro atoms. The molecule has 98 valence electrons. The van der Waals surface area contributed by atoms with Gasteiger partial charge >= 0.3 is 7.67 Å². The Bertz CT molecular complexity index is 246. The zero-order valence-electron chi connectivity index (χ0n) is 8.96. The Hall–Kier alpha value is 0.990. The normalized spacial score (nSPS) is 17.8. The molecule has 0 radical (unpaired) electrons. The Labute approximate surface area is 112 Å². The molecule has 9 heteroatoms. The van der Waals surface area contributed by atoms with Gasteiger partial charge in [-0.1, -0.05) is 31.9 Å². The van der Waals surface area contributed by atoms with Crippen LogP contribution in [0.3, 0.4) is 0 Å². The van der Waals surface area contributed by atoms with Gasteiger partial charge in [-0.15, -0.1) is 0 Å². The van der Waals surface area contributed by atoms with Crippen LogP contribution in [0.25, 0.3) is 0 Å². The minimum absolute atomic E-state index is 0.168. The smallest absolute Gasteiger partial charge is 0.347 e. The Balaban J connectivity index is 4.42. The van der Waals surface area contributed by atoms with E-state index in [-0.39, 0.29) is 11.4 Å². The largest absolute Gasteiger partial charge is 0.381 e. The summed E-state index contributed by atoms with van der Waals surface area (Å²) in [6.07, 6.45) is 0.607. The summed E-state index contributed by atoms with van der Waals surface area (Å²) in [7, 11) is -2.51. The lowest BCUT2D eigenvalue weighted by molar-refractivity contribution is 0.126. The van der Waals surface area contributed by atoms with Gasteiger partial charge in [0.2, 0.25) is 0 Å². The number of alkyl halides is 2. The lowest BCUT2D eigenvalue weighted by Gasteiger charge is -2.30. The SMILES string of the molecule is CN(CO)P(=O)(O)N(CO)CCC(Br)CBr. The molecule has 0 rings (SSSR count). The quantitative estimate of drug-likeness (QED) is 0.326. The van der Waals surface area contributed by atoms with E-state index in [1.54, 1.807) is 0 Å². The first-order valence-electron chi connectivity index (χ1n) is 4.61. The Morgan fingerprint density at radius 2 is 1.94 bits per heavy atom. The molecule has 0 saturated carbocycles. The van der Waals surface area contributed by atoms with Crippen LogP contribution in [0.1, 0.15) is 6.42 Å². The summed E-state index contributed by atoms with van der Waals surface area (Å²) in [6, 6.07) is 0. The van der Waals surface area contributed by atoms with E-state index < -0.39 is 21.1 Å². The number of aliphatic hydroxyl groups excluding tert-OH is 2. The summed E-state index contributed by atoms with van der Waals surface area (Å²) in [5.74, 6) is 0. The van der Waals surface area contributed by atoms with Crippen LogP contribution in [0.4, 0.5) is 0 Å². The van der Waals surface area contributed by atoms with Gasteiger partial charge in [0.15, 0.2) is 0 Å². The average Bonchev–Trinajstić information content (AvgIpc) is 2.27. The van der Waals surface area contributed by atoms with E-state index in [2.05, 4.69) is 31.9 Å². The van der Waals surface area contributed by atoms with E-state index >= 15 is 0 Å². The van der Waals surface area contributed by atoms with Gasteiger partial charge in [0, 0.05) is 16.7 Å². The summed E-state index contributed by atoms with van der Waals surface area (Å²) >= 11 is 6.64. The van der Waals surface area contributed by atoms with Crippen LogP contribution in [0.15, 0.2) is 0 Å². The third-order valence-electron chi connectivity index (χ3n) is 2.05. The number of hydrogen-bond acceptors (Lipinski definition) is 3. The number of nitrogens with zero attached hydrogens (tertiary/aromatic N) is 2. The van der Waals surface area contributed by atoms with Crippen molar-refractivity contribution in [1.82, 2.24) is 9.34 Å². The first kappa shape index (κ1) is 17.0. The number of halogens is 2. The fraction of sp³-hybridized carbons (Fsp3) is 1.00. The molecular formula is C7H17Br2N2O4P. The minimum Gasteiger partial charge on any atom is -0.381 e. The molecule has 0 aliphatic heterocycles. The lowest BCUT2D eigenvalue weighted by Crippen LogP contribution is -2.32. The van der Waals surface area contributed by atoms with Crippen molar-refractivity contribution in [2.75, 3.05) is 32.4 Å². The fourth-order valence-electron chi connectivity index (χ4n) is 0.948. The third-order valence-corrected chi connectivity index (χ3v) is 6.56. The van der Waals surface area contributed by atoms with E-state index in [0.717, 1.165) is 14.7 Å². The van der Waals surface area contributed by atoms with Crippen LogP contribution in [-0.2, 0) is 4.57 Å². The molecule has 0 amide bonds. The zero-order valence-corrected chi connectivity index (χ0v) is 13.0. The van der Waals surface area contributed by atoms with E-state index in [1.807, 2.05) is 0 Å². The van der Waals surface area contributed by atoms with Crippen LogP contribution >= 0.6 is 39.5 Å². The van der Waals surface area contributed by atoms with Crippen molar-refractivity contribution in [3.8, 4) is 0 Å². The third kappa shape index (κ3) is 5.10. The highest BCUT2D eigenvalue weighted by Crippen LogP contribution is 2.47. The predicted molar refractivity (Wildman–Crippen MR) is 69.6 cm³/mol. The van der Waals surface area contributed by atoms with Crippen LogP contribution in [0.5, 0.6) is 0 Å². The van der Waals surface area contributed by atoms with Gasteiger partial charge in [-0.3, -0.25) is 4.57 Å². The van der Waals surface area contributed by atoms with Gasteiger partial charge in [-0.2, -0.15) is 9.34 Å². The van der Waals surface area contributed by atoms with Crippen molar-refractivity contribution in [2.24, 2.45) is 0 Å². The Kier molecular flexibility index (Phi) is 8.66. The van der Waals surface area contributed by atoms with Gasteiger partial charge in [0.25, 0.3) is 0 Å². The second-order valence-electron chi connectivity index (χ2n) is 3.22. The fourth-order valence-corrected chi connectivity index (χ4v) is 2.61. The van der Waals surface area contributed by atoms with Gasteiger partial charge in [-0.05, 0) is 13.5 Å². The molecule has 0 bridgehead atoms. The van der Waals surface area contributed by atoms with Gasteiger partial charge in [0.05, 0.1) is 0 Å². The van der Waals surface area contributed by atoms with Crippen molar-refractivity contribution in [2.45, 2.75) is 11.2 Å². The zero-order chi connectivity index (χ0) is 12.8. The van der Waals surface area contributed by atoms with E-state index in [9.17, 15) is 9.46 Å². The van der Waals surface area contributed by atoms with Gasteiger partial charge in [-0.25, -0.2) is 0 Å². The molecule has 0 aliphatic carbocycles. The molecule has 0 aliphatic rings. The van der Waals surface area contributed by atoms with E-state index in [1.165, 1.54) is 7.05 Å². The van der Waals surface area contributed by atoms with E-state index in [4.69, 9.17) is 10.2 Å². The van der Waals surface area contributed by atoms with Crippen molar-refractivity contribution in [3.63, 3.8) is 0 Å². The molecule has 0 fully saturated rings. The first-order chi connectivity index (χ1) is 7.39. The summed E-state index contributed by atoms with van der Waals surface area (Å²) in [5.41, 5.74) is 0. The maximum absolute atomic E-state index is 11.8. The van der Waals surface area contributed by atoms with Crippen LogP contribution in [0, 0.1) is 0 Å². The topological polar surface area (TPSA) is 84.2 Å². The molecule has 3 N–H and O–H groups in total. The highest BCUT2D eigenvalue weighted by Gasteiger charge is 2.32. The number of hydrogen-bond donors (Lipinski definition) is 3. The van der Waals surface area contributed by atoms with Gasteiger partial charge in [0.1, 0.15) is 13.5 Å². The van der Waals surface area contributed by atoms with E-state index in [0.29, 0.717) is 6.42 Å². The highest BCUT2D eigenvalue weighted by atomic mass is 79.9. The van der Waals surface area contributed by atoms with Crippen molar-refractivity contribution in [1.29, 1.82) is 0 Å². The van der Waals surface area contributed by atoms with Crippen LogP contribution in [0.2, 0.25) is 0 Å². The first-order valence-corrected chi connectivity index (χ1v) is 8.22. The molecule has 0 saturated heterocycles. The van der Waals surface area contributed by atoms with Crippen molar-refractivity contribution >= 4 is 39.5 Å². The Morgan fingerprint density at radius 1 is 1.38 bits per heavy atom. The molecule has 2 atom stereocenters. The second-order valence-corrected chi connectivity index (χ2v) is 7.44. The second kappa shape index (κ2) is 8.16. The van der Waals surface area contributed by atoms with Crippen molar-refractivity contribution < 1.29 is 19.7 Å². The summed E-state index contributed by atoms with van der Waals surface area (Å²) in [5, 5.41) is 18.6. The number of aliphatic hydroxyl groups is 2. The summed E-state index contributed by atoms with van der Waals surface area (Å²) in [6.45, 7) is -0.809. The Morgan fingerprint density at radius 3 is 2.31 bits per heavy atom. The molecule has 6 nitrogen and oxygen atoms in total. The number of rotatable bonds is 8. The summed E-state index contributed by atoms with van der Waals surface area (Å²) < 4.78 is 13.8. The predicted octanol–water partition coefficient (Wildman–Crippen LogP) is 0.769. The van der Waals surface area contributed by atoms with Crippen LogP contribution < -0.4 is 0 Å². The summed E-state index contributed by atoms with van der Waals surface area (Å²) in [4.78, 5) is 9.86. The molecule has 0 aromatic rings. The maximum Gasteiger partial charge on any atom is 0.347 e. The molecule has 16 heavy (non-hydrogen) atoms. The molecular weight excluding hydrogens is 367 g/mol. The molecule has 0 heterocycles. The van der Waals surface area contributed by atoms with Crippen molar-refractivity contribution in [3.05, 3.63) is 0 Å². The lowest BCUT2D eigenvalue weighted by atomic mass is 10.3. The maximum atomic E-state index is 11.8. The minimum atomic E-state index is -3.83. The molecule has 0 aromatic heterocycles. The average molecular weight is 384 g/mol. The van der Waals surface area contributed by atoms with Crippen LogP contribution in [-0.4, -0.2) is 61.7 Å². The van der Waals surface area contributed by atoms with Gasteiger partial charge < -0.3 is 15.1 Å². The highest BCUT2D eigenvalue weighted by molar-refractivity contribution is 9.12.